The molecule has 0 heterocycles. The van der Waals surface area contributed by atoms with Gasteiger partial charge in [-0.15, -0.1) is 0 Å². The maximum absolute atomic E-state index is 9.30. The molecule has 2 rings (SSSR count). The van der Waals surface area contributed by atoms with Crippen molar-refractivity contribution in [2.24, 2.45) is 0 Å². The van der Waals surface area contributed by atoms with E-state index in [0.29, 0.717) is 44.5 Å². The largest absolute Gasteiger partial charge is 0.493 e. The summed E-state index contributed by atoms with van der Waals surface area (Å²) < 4.78 is 10.4. The van der Waals surface area contributed by atoms with E-state index >= 15 is 0 Å². The van der Waals surface area contributed by atoms with Crippen LogP contribution < -0.4 is 20.1 Å². The second-order valence-corrected chi connectivity index (χ2v) is 6.14. The predicted molar refractivity (Wildman–Crippen MR) is 104 cm³/mol. The van der Waals surface area contributed by atoms with E-state index in [4.69, 9.17) is 44.9 Å². The molecule has 8 heteroatoms. The van der Waals surface area contributed by atoms with Crippen LogP contribution in [0.15, 0.2) is 30.3 Å². The molecule has 0 aliphatic carbocycles. The summed E-state index contributed by atoms with van der Waals surface area (Å²) in [6.07, 6.45) is 0. The molecule has 0 saturated heterocycles. The summed E-state index contributed by atoms with van der Waals surface area (Å²) >= 11 is 17.2. The van der Waals surface area contributed by atoms with Crippen molar-refractivity contribution in [2.75, 3.05) is 19.5 Å². The molecule has 0 amide bonds. The molecule has 0 aliphatic heterocycles. The molecule has 0 bridgehead atoms. The molecule has 0 saturated carbocycles. The molecule has 0 spiro atoms. The van der Waals surface area contributed by atoms with Gasteiger partial charge in [0.15, 0.2) is 16.6 Å². The Morgan fingerprint density at radius 3 is 2.40 bits per heavy atom. The minimum atomic E-state index is 0.356. The van der Waals surface area contributed by atoms with Crippen molar-refractivity contribution in [3.8, 4) is 17.6 Å². The first-order valence-corrected chi connectivity index (χ1v) is 8.29. The Hall–Kier alpha value is -2.20. The highest BCUT2D eigenvalue weighted by Crippen LogP contribution is 2.33. The van der Waals surface area contributed by atoms with E-state index in [1.54, 1.807) is 24.3 Å². The molecule has 5 nitrogen and oxygen atoms in total. The van der Waals surface area contributed by atoms with Gasteiger partial charge >= 0.3 is 0 Å². The van der Waals surface area contributed by atoms with E-state index < -0.39 is 0 Å². The van der Waals surface area contributed by atoms with Gasteiger partial charge < -0.3 is 20.1 Å². The third-order valence-corrected chi connectivity index (χ3v) is 4.31. The Balaban J connectivity index is 2.09. The van der Waals surface area contributed by atoms with E-state index in [0.717, 1.165) is 5.56 Å². The van der Waals surface area contributed by atoms with Gasteiger partial charge in [0.2, 0.25) is 0 Å². The number of hydrogen-bond donors (Lipinski definition) is 2. The van der Waals surface area contributed by atoms with E-state index in [-0.39, 0.29) is 0 Å². The normalized spacial score (nSPS) is 9.88. The predicted octanol–water partition coefficient (Wildman–Crippen LogP) is 4.37. The Morgan fingerprint density at radius 1 is 1.12 bits per heavy atom. The van der Waals surface area contributed by atoms with Crippen molar-refractivity contribution in [1.29, 1.82) is 5.26 Å². The zero-order valence-electron chi connectivity index (χ0n) is 13.5. The molecule has 2 aromatic rings. The summed E-state index contributed by atoms with van der Waals surface area (Å²) in [4.78, 5) is 0. The first-order chi connectivity index (χ1) is 12.0. The molecular formula is C17H15Cl2N3O2S. The summed E-state index contributed by atoms with van der Waals surface area (Å²) in [6.45, 7) is 0.456. The molecular weight excluding hydrogens is 381 g/mol. The molecule has 2 N–H and O–H groups in total. The number of nitrogens with one attached hydrogen (secondary N) is 2. The third kappa shape index (κ3) is 4.89. The standard InChI is InChI=1S/C17H15Cl2N3O2S/c1-23-15-6-11(8-20)14(7-16(15)24-2)22-17(25)21-9-10-3-4-12(18)13(19)5-10/h3-7H,9H2,1-2H3,(H2,21,22,25). The molecule has 0 fully saturated rings. The highest BCUT2D eigenvalue weighted by atomic mass is 35.5. The van der Waals surface area contributed by atoms with Gasteiger partial charge in [-0.3, -0.25) is 0 Å². The average Bonchev–Trinajstić information content (AvgIpc) is 2.62. The number of rotatable bonds is 5. The van der Waals surface area contributed by atoms with E-state index in [1.807, 2.05) is 6.07 Å². The number of nitrogens with zero attached hydrogens (tertiary/aromatic N) is 1. The fraction of sp³-hybridized carbons (Fsp3) is 0.176. The van der Waals surface area contributed by atoms with Gasteiger partial charge in [0, 0.05) is 18.7 Å². The molecule has 130 valence electrons. The van der Waals surface area contributed by atoms with Crippen LogP contribution in [0.5, 0.6) is 11.5 Å². The average molecular weight is 396 g/mol. The number of thiocarbonyl (C=S) groups is 1. The van der Waals surface area contributed by atoms with E-state index in [1.165, 1.54) is 14.2 Å². The van der Waals surface area contributed by atoms with Gasteiger partial charge in [-0.05, 0) is 29.9 Å². The van der Waals surface area contributed by atoms with Crippen molar-refractivity contribution in [2.45, 2.75) is 6.54 Å². The topological polar surface area (TPSA) is 66.3 Å². The monoisotopic (exact) mass is 395 g/mol. The number of hydrogen-bond acceptors (Lipinski definition) is 4. The minimum Gasteiger partial charge on any atom is -0.493 e. The van der Waals surface area contributed by atoms with Gasteiger partial charge in [-0.25, -0.2) is 0 Å². The van der Waals surface area contributed by atoms with Crippen LogP contribution in [0, 0.1) is 11.3 Å². The Kier molecular flexibility index (Phi) is 6.71. The summed E-state index contributed by atoms with van der Waals surface area (Å²) in [5.74, 6) is 0.968. The lowest BCUT2D eigenvalue weighted by Crippen LogP contribution is -2.28. The van der Waals surface area contributed by atoms with Gasteiger partial charge in [0.25, 0.3) is 0 Å². The highest BCUT2D eigenvalue weighted by molar-refractivity contribution is 7.80. The van der Waals surface area contributed by atoms with Crippen LogP contribution in [-0.4, -0.2) is 19.3 Å². The summed E-state index contributed by atoms with van der Waals surface area (Å²) in [5, 5.41) is 16.7. The summed E-state index contributed by atoms with van der Waals surface area (Å²) in [6, 6.07) is 10.7. The maximum atomic E-state index is 9.30. The Bertz CT molecular complexity index is 837. The lowest BCUT2D eigenvalue weighted by molar-refractivity contribution is 0.355. The number of ether oxygens (including phenoxy) is 2. The fourth-order valence-electron chi connectivity index (χ4n) is 2.07. The number of anilines is 1. The summed E-state index contributed by atoms with van der Waals surface area (Å²) in [5.41, 5.74) is 1.83. The number of methoxy groups -OCH3 is 2. The van der Waals surface area contributed by atoms with Crippen molar-refractivity contribution >= 4 is 46.2 Å². The van der Waals surface area contributed by atoms with Crippen LogP contribution in [0.1, 0.15) is 11.1 Å². The van der Waals surface area contributed by atoms with E-state index in [2.05, 4.69) is 16.7 Å². The van der Waals surface area contributed by atoms with Gasteiger partial charge in [-0.1, -0.05) is 29.3 Å². The quantitative estimate of drug-likeness (QED) is 0.732. The Morgan fingerprint density at radius 2 is 1.80 bits per heavy atom. The van der Waals surface area contributed by atoms with Gasteiger partial charge in [0.05, 0.1) is 35.5 Å². The number of halogens is 2. The number of nitriles is 1. The smallest absolute Gasteiger partial charge is 0.171 e. The van der Waals surface area contributed by atoms with Crippen LogP contribution in [0.3, 0.4) is 0 Å². The zero-order chi connectivity index (χ0) is 18.4. The zero-order valence-corrected chi connectivity index (χ0v) is 15.9. The number of benzene rings is 2. The Labute approximate surface area is 161 Å². The summed E-state index contributed by atoms with van der Waals surface area (Å²) in [7, 11) is 3.03. The van der Waals surface area contributed by atoms with Crippen molar-refractivity contribution in [3.05, 3.63) is 51.5 Å². The first-order valence-electron chi connectivity index (χ1n) is 7.13. The van der Waals surface area contributed by atoms with Crippen molar-refractivity contribution in [3.63, 3.8) is 0 Å². The molecule has 2 aromatic carbocycles. The molecule has 0 aliphatic rings. The van der Waals surface area contributed by atoms with Crippen LogP contribution in [0.4, 0.5) is 5.69 Å². The minimum absolute atomic E-state index is 0.356. The van der Waals surface area contributed by atoms with Crippen LogP contribution in [-0.2, 0) is 6.54 Å². The molecule has 0 radical (unpaired) electrons. The molecule has 0 atom stereocenters. The lowest BCUT2D eigenvalue weighted by Gasteiger charge is -2.15. The molecule has 25 heavy (non-hydrogen) atoms. The highest BCUT2D eigenvalue weighted by Gasteiger charge is 2.12. The molecule has 0 aromatic heterocycles. The third-order valence-electron chi connectivity index (χ3n) is 3.33. The first kappa shape index (κ1) is 19.1. The van der Waals surface area contributed by atoms with Crippen LogP contribution in [0.2, 0.25) is 10.0 Å². The van der Waals surface area contributed by atoms with Crippen LogP contribution in [0.25, 0.3) is 0 Å². The van der Waals surface area contributed by atoms with Crippen LogP contribution >= 0.6 is 35.4 Å². The van der Waals surface area contributed by atoms with E-state index in [9.17, 15) is 5.26 Å². The second kappa shape index (κ2) is 8.77. The van der Waals surface area contributed by atoms with Crippen molar-refractivity contribution in [1.82, 2.24) is 5.32 Å². The SMILES string of the molecule is COc1cc(C#N)c(NC(=S)NCc2ccc(Cl)c(Cl)c2)cc1OC. The fourth-order valence-corrected chi connectivity index (χ4v) is 2.58. The van der Waals surface area contributed by atoms with Gasteiger partial charge in [0.1, 0.15) is 6.07 Å². The lowest BCUT2D eigenvalue weighted by atomic mass is 10.1. The maximum Gasteiger partial charge on any atom is 0.171 e. The van der Waals surface area contributed by atoms with Gasteiger partial charge in [-0.2, -0.15) is 5.26 Å². The molecule has 0 unspecified atom stereocenters. The van der Waals surface area contributed by atoms with Crippen molar-refractivity contribution < 1.29 is 9.47 Å². The second-order valence-electron chi connectivity index (χ2n) is 4.92.